The average molecular weight is 408 g/mol. The summed E-state index contributed by atoms with van der Waals surface area (Å²) in [6, 6.07) is 16.9. The van der Waals surface area contributed by atoms with E-state index in [9.17, 15) is 14.4 Å². The lowest BCUT2D eigenvalue weighted by atomic mass is 9.88. The normalized spacial score (nSPS) is 19.7. The standard InChI is InChI=1S/C24H29N3O3/c1-16(2)20(18-8-6-5-7-9-18)14-25-21(28)15-27-22(29)24(4,26-23(27)30)19-12-10-17(3)11-13-19/h5-13,16,20H,14-15H2,1-4H3,(H,25,28)(H,26,30). The minimum absolute atomic E-state index is 0.149. The number of rotatable bonds is 7. The van der Waals surface area contributed by atoms with Gasteiger partial charge in [-0.2, -0.15) is 0 Å². The zero-order valence-corrected chi connectivity index (χ0v) is 17.9. The largest absolute Gasteiger partial charge is 0.354 e. The molecule has 6 heteroatoms. The summed E-state index contributed by atoms with van der Waals surface area (Å²) in [6.07, 6.45) is 0. The van der Waals surface area contributed by atoms with E-state index in [1.165, 1.54) is 0 Å². The number of carbonyl (C=O) groups is 3. The summed E-state index contributed by atoms with van der Waals surface area (Å²) in [6.45, 7) is 7.98. The number of benzene rings is 2. The Bertz CT molecular complexity index is 924. The van der Waals surface area contributed by atoms with Gasteiger partial charge in [-0.05, 0) is 30.9 Å². The number of carbonyl (C=O) groups excluding carboxylic acids is 3. The van der Waals surface area contributed by atoms with Crippen molar-refractivity contribution in [1.82, 2.24) is 15.5 Å². The molecule has 3 rings (SSSR count). The van der Waals surface area contributed by atoms with Crippen LogP contribution in [0.1, 0.15) is 43.4 Å². The van der Waals surface area contributed by atoms with Crippen LogP contribution in [0.15, 0.2) is 54.6 Å². The van der Waals surface area contributed by atoms with Crippen molar-refractivity contribution in [1.29, 1.82) is 0 Å². The number of nitrogens with zero attached hydrogens (tertiary/aromatic N) is 1. The van der Waals surface area contributed by atoms with Gasteiger partial charge >= 0.3 is 6.03 Å². The molecule has 0 saturated carbocycles. The van der Waals surface area contributed by atoms with E-state index in [4.69, 9.17) is 0 Å². The second-order valence-corrected chi connectivity index (χ2v) is 8.38. The minimum atomic E-state index is -1.17. The fraction of sp³-hybridized carbons (Fsp3) is 0.375. The maximum atomic E-state index is 13.0. The van der Waals surface area contributed by atoms with Crippen LogP contribution in [0.25, 0.3) is 0 Å². The highest BCUT2D eigenvalue weighted by Crippen LogP contribution is 2.29. The van der Waals surface area contributed by atoms with Crippen LogP contribution in [0.4, 0.5) is 4.79 Å². The van der Waals surface area contributed by atoms with E-state index in [0.717, 1.165) is 16.0 Å². The smallest absolute Gasteiger partial charge is 0.325 e. The second kappa shape index (κ2) is 8.69. The highest BCUT2D eigenvalue weighted by molar-refractivity contribution is 6.09. The zero-order chi connectivity index (χ0) is 21.9. The summed E-state index contributed by atoms with van der Waals surface area (Å²) < 4.78 is 0. The Balaban J connectivity index is 1.65. The quantitative estimate of drug-likeness (QED) is 0.691. The van der Waals surface area contributed by atoms with Crippen LogP contribution in [-0.2, 0) is 15.1 Å². The molecule has 2 N–H and O–H groups in total. The Labute approximate surface area is 177 Å². The van der Waals surface area contributed by atoms with Crippen LogP contribution in [0.5, 0.6) is 0 Å². The Morgan fingerprint density at radius 3 is 2.30 bits per heavy atom. The first-order chi connectivity index (χ1) is 14.2. The molecule has 1 aliphatic heterocycles. The van der Waals surface area contributed by atoms with Gasteiger partial charge in [-0.25, -0.2) is 4.79 Å². The van der Waals surface area contributed by atoms with Gasteiger partial charge in [0, 0.05) is 12.5 Å². The molecule has 0 spiro atoms. The van der Waals surface area contributed by atoms with Crippen LogP contribution >= 0.6 is 0 Å². The van der Waals surface area contributed by atoms with Crippen molar-refractivity contribution in [2.24, 2.45) is 5.92 Å². The summed E-state index contributed by atoms with van der Waals surface area (Å²) in [5.41, 5.74) is 1.73. The van der Waals surface area contributed by atoms with Gasteiger partial charge in [-0.15, -0.1) is 0 Å². The van der Waals surface area contributed by atoms with Gasteiger partial charge in [0.25, 0.3) is 5.91 Å². The first-order valence-electron chi connectivity index (χ1n) is 10.2. The third-order valence-electron chi connectivity index (χ3n) is 5.76. The molecule has 0 aliphatic carbocycles. The minimum Gasteiger partial charge on any atom is -0.354 e. The van der Waals surface area contributed by atoms with Crippen LogP contribution in [-0.4, -0.2) is 35.8 Å². The Hall–Kier alpha value is -3.15. The van der Waals surface area contributed by atoms with Gasteiger partial charge in [-0.3, -0.25) is 14.5 Å². The summed E-state index contributed by atoms with van der Waals surface area (Å²) in [7, 11) is 0. The first kappa shape index (κ1) is 21.6. The third kappa shape index (κ3) is 4.37. The van der Waals surface area contributed by atoms with Crippen molar-refractivity contribution in [3.05, 3.63) is 71.3 Å². The molecule has 2 aromatic carbocycles. The number of hydrogen-bond donors (Lipinski definition) is 2. The molecule has 1 aliphatic rings. The summed E-state index contributed by atoms with van der Waals surface area (Å²) >= 11 is 0. The fourth-order valence-corrected chi connectivity index (χ4v) is 3.79. The molecule has 0 radical (unpaired) electrons. The van der Waals surface area contributed by atoms with Crippen molar-refractivity contribution in [3.63, 3.8) is 0 Å². The van der Waals surface area contributed by atoms with Crippen LogP contribution < -0.4 is 10.6 Å². The van der Waals surface area contributed by atoms with Crippen molar-refractivity contribution in [3.8, 4) is 0 Å². The Morgan fingerprint density at radius 2 is 1.70 bits per heavy atom. The van der Waals surface area contributed by atoms with E-state index in [-0.39, 0.29) is 18.4 Å². The van der Waals surface area contributed by atoms with Crippen molar-refractivity contribution < 1.29 is 14.4 Å². The van der Waals surface area contributed by atoms with Crippen LogP contribution in [0.2, 0.25) is 0 Å². The molecule has 4 amide bonds. The molecule has 2 aromatic rings. The van der Waals surface area contributed by atoms with Gasteiger partial charge < -0.3 is 10.6 Å². The first-order valence-corrected chi connectivity index (χ1v) is 10.2. The van der Waals surface area contributed by atoms with Gasteiger partial charge in [0.05, 0.1) is 0 Å². The predicted molar refractivity (Wildman–Crippen MR) is 116 cm³/mol. The lowest BCUT2D eigenvalue weighted by Crippen LogP contribution is -2.44. The molecule has 1 fully saturated rings. The lowest BCUT2D eigenvalue weighted by molar-refractivity contribution is -0.134. The van der Waals surface area contributed by atoms with E-state index in [2.05, 4.69) is 24.5 Å². The molecule has 30 heavy (non-hydrogen) atoms. The molecule has 6 nitrogen and oxygen atoms in total. The van der Waals surface area contributed by atoms with Crippen molar-refractivity contribution >= 4 is 17.8 Å². The van der Waals surface area contributed by atoms with Crippen LogP contribution in [0.3, 0.4) is 0 Å². The lowest BCUT2D eigenvalue weighted by Gasteiger charge is -2.23. The molecule has 0 aromatic heterocycles. The third-order valence-corrected chi connectivity index (χ3v) is 5.76. The maximum absolute atomic E-state index is 13.0. The number of nitrogens with one attached hydrogen (secondary N) is 2. The predicted octanol–water partition coefficient (Wildman–Crippen LogP) is 3.32. The van der Waals surface area contributed by atoms with E-state index in [0.29, 0.717) is 18.0 Å². The number of aryl methyl sites for hydroxylation is 1. The van der Waals surface area contributed by atoms with Crippen LogP contribution in [0, 0.1) is 12.8 Å². The summed E-state index contributed by atoms with van der Waals surface area (Å²) in [5, 5.41) is 5.63. The molecule has 158 valence electrons. The second-order valence-electron chi connectivity index (χ2n) is 8.38. The number of amides is 4. The van der Waals surface area contributed by atoms with Gasteiger partial charge in [-0.1, -0.05) is 74.0 Å². The monoisotopic (exact) mass is 407 g/mol. The highest BCUT2D eigenvalue weighted by Gasteiger charge is 2.49. The van der Waals surface area contributed by atoms with Gasteiger partial charge in [0.15, 0.2) is 0 Å². The molecular weight excluding hydrogens is 378 g/mol. The SMILES string of the molecule is Cc1ccc(C2(C)NC(=O)N(CC(=O)NCC(c3ccccc3)C(C)C)C2=O)cc1. The van der Waals surface area contributed by atoms with E-state index in [1.54, 1.807) is 6.92 Å². The Kier molecular flexibility index (Phi) is 6.25. The number of hydrogen-bond acceptors (Lipinski definition) is 3. The fourth-order valence-electron chi connectivity index (χ4n) is 3.79. The maximum Gasteiger partial charge on any atom is 0.325 e. The van der Waals surface area contributed by atoms with Gasteiger partial charge in [0.2, 0.25) is 5.91 Å². The topological polar surface area (TPSA) is 78.5 Å². The highest BCUT2D eigenvalue weighted by atomic mass is 16.2. The number of urea groups is 1. The number of imide groups is 1. The summed E-state index contributed by atoms with van der Waals surface area (Å²) in [4.78, 5) is 39.0. The molecule has 2 atom stereocenters. The molecule has 1 heterocycles. The Morgan fingerprint density at radius 1 is 1.07 bits per heavy atom. The molecule has 0 bridgehead atoms. The summed E-state index contributed by atoms with van der Waals surface area (Å²) in [5.74, 6) is -0.298. The van der Waals surface area contributed by atoms with Gasteiger partial charge in [0.1, 0.15) is 12.1 Å². The van der Waals surface area contributed by atoms with Crippen molar-refractivity contribution in [2.75, 3.05) is 13.1 Å². The molecular formula is C24H29N3O3. The average Bonchev–Trinajstić information content (AvgIpc) is 2.93. The van der Waals surface area contributed by atoms with Crippen molar-refractivity contribution in [2.45, 2.75) is 39.2 Å². The van der Waals surface area contributed by atoms with E-state index >= 15 is 0 Å². The van der Waals surface area contributed by atoms with E-state index < -0.39 is 17.5 Å². The molecule has 1 saturated heterocycles. The van der Waals surface area contributed by atoms with E-state index in [1.807, 2.05) is 61.5 Å². The zero-order valence-electron chi connectivity index (χ0n) is 17.9. The molecule has 2 unspecified atom stereocenters.